The molecule has 1 unspecified atom stereocenters. The Labute approximate surface area is 165 Å². The van der Waals surface area contributed by atoms with Crippen LogP contribution in [0.1, 0.15) is 64.7 Å². The summed E-state index contributed by atoms with van der Waals surface area (Å²) in [7, 11) is 0. The normalized spacial score (nSPS) is 60.4. The summed E-state index contributed by atoms with van der Waals surface area (Å²) >= 11 is 0. The Morgan fingerprint density at radius 1 is 1.11 bits per heavy atom. The fourth-order valence-corrected chi connectivity index (χ4v) is 8.82. The largest absolute Gasteiger partial charge is 0.381 e. The van der Waals surface area contributed by atoms with Gasteiger partial charge < -0.3 is 19.3 Å². The van der Waals surface area contributed by atoms with Crippen LogP contribution in [-0.4, -0.2) is 48.0 Å². The van der Waals surface area contributed by atoms with Crippen molar-refractivity contribution in [2.45, 2.75) is 88.4 Å². The van der Waals surface area contributed by atoms with E-state index >= 15 is 4.39 Å². The number of carbonyl (C=O) groups excluding carboxylic acids is 1. The summed E-state index contributed by atoms with van der Waals surface area (Å²) in [6, 6.07) is 0. The summed E-state index contributed by atoms with van der Waals surface area (Å²) in [4.78, 5) is 12.9. The summed E-state index contributed by atoms with van der Waals surface area (Å²) in [6.07, 6.45) is 6.20. The molecule has 6 aliphatic rings. The van der Waals surface area contributed by atoms with Crippen LogP contribution < -0.4 is 0 Å². The number of rotatable bonds is 0. The van der Waals surface area contributed by atoms with Crippen molar-refractivity contribution in [2.24, 2.45) is 28.6 Å². The predicted octanol–water partition coefficient (Wildman–Crippen LogP) is 3.13. The van der Waals surface area contributed by atoms with Gasteiger partial charge in [0, 0.05) is 5.41 Å². The van der Waals surface area contributed by atoms with Crippen LogP contribution in [0.15, 0.2) is 0 Å². The minimum atomic E-state index is -1.52. The van der Waals surface area contributed by atoms with Crippen molar-refractivity contribution in [2.75, 3.05) is 13.4 Å². The number of ether oxygens (including phenoxy) is 3. The highest BCUT2D eigenvalue weighted by Crippen LogP contribution is 2.75. The third-order valence-corrected chi connectivity index (χ3v) is 10.1. The molecular formula is C22H31FO5. The van der Waals surface area contributed by atoms with Gasteiger partial charge in [0.2, 0.25) is 0 Å². The molecule has 4 saturated carbocycles. The van der Waals surface area contributed by atoms with Crippen LogP contribution in [0.5, 0.6) is 0 Å². The molecule has 2 heterocycles. The zero-order valence-corrected chi connectivity index (χ0v) is 16.6. The maximum atomic E-state index is 17.4. The maximum absolute atomic E-state index is 17.4. The lowest BCUT2D eigenvalue weighted by molar-refractivity contribution is -0.261. The summed E-state index contributed by atoms with van der Waals surface area (Å²) in [5.74, 6) is -0.120. The Kier molecular flexibility index (Phi) is 3.62. The van der Waals surface area contributed by atoms with Crippen molar-refractivity contribution in [3.63, 3.8) is 0 Å². The van der Waals surface area contributed by atoms with Gasteiger partial charge in [-0.05, 0) is 62.7 Å². The van der Waals surface area contributed by atoms with Crippen LogP contribution in [0.25, 0.3) is 0 Å². The highest BCUT2D eigenvalue weighted by atomic mass is 19.1. The van der Waals surface area contributed by atoms with Crippen LogP contribution in [0.2, 0.25) is 0 Å². The van der Waals surface area contributed by atoms with Crippen molar-refractivity contribution in [3.05, 3.63) is 0 Å². The molecule has 2 saturated heterocycles. The molecule has 0 amide bonds. The van der Waals surface area contributed by atoms with Crippen molar-refractivity contribution in [3.8, 4) is 0 Å². The number of aliphatic hydroxyl groups is 1. The fourth-order valence-electron chi connectivity index (χ4n) is 8.82. The Morgan fingerprint density at radius 2 is 1.96 bits per heavy atom. The molecule has 6 heteroatoms. The van der Waals surface area contributed by atoms with Crippen LogP contribution in [0.3, 0.4) is 0 Å². The van der Waals surface area contributed by atoms with Gasteiger partial charge in [0.1, 0.15) is 17.9 Å². The molecule has 5 nitrogen and oxygen atoms in total. The molecule has 6 rings (SSSR count). The topological polar surface area (TPSA) is 65.0 Å². The molecular weight excluding hydrogens is 363 g/mol. The Balaban J connectivity index is 1.51. The van der Waals surface area contributed by atoms with E-state index in [2.05, 4.69) is 6.92 Å². The first kappa shape index (κ1) is 18.2. The Morgan fingerprint density at radius 3 is 2.82 bits per heavy atom. The lowest BCUT2D eigenvalue weighted by atomic mass is 9.42. The number of alkyl halides is 1. The molecule has 6 fully saturated rings. The summed E-state index contributed by atoms with van der Waals surface area (Å²) in [6.45, 7) is 1.96. The standard InChI is InChI=1S/C22H31FO5/c1-19-8-3-2-4-13(19)5-6-15-14-7-9-21(25)16(24)11-26-12-27-18-20(14,21)10-17(28-18)22(15,19)23/h13-15,17-18,25H,2-12H2,1H3/t13-,14+,15+,17-,18?,19+,20+,21+,22+/m1/s1. The summed E-state index contributed by atoms with van der Waals surface area (Å²) in [5.41, 5.74) is -4.15. The lowest BCUT2D eigenvalue weighted by Gasteiger charge is -2.63. The van der Waals surface area contributed by atoms with Gasteiger partial charge in [-0.1, -0.05) is 19.8 Å². The molecule has 0 aromatic heterocycles. The first-order valence-corrected chi connectivity index (χ1v) is 11.2. The number of hydrogen-bond donors (Lipinski definition) is 1. The molecule has 0 radical (unpaired) electrons. The van der Waals surface area contributed by atoms with Gasteiger partial charge in [-0.25, -0.2) is 4.39 Å². The smallest absolute Gasteiger partial charge is 0.190 e. The fraction of sp³-hybridized carbons (Fsp3) is 0.955. The van der Waals surface area contributed by atoms with Gasteiger partial charge in [-0.2, -0.15) is 0 Å². The second-order valence-electron chi connectivity index (χ2n) is 10.6. The first-order chi connectivity index (χ1) is 13.4. The Hall–Kier alpha value is -0.560. The van der Waals surface area contributed by atoms with Gasteiger partial charge in [-0.3, -0.25) is 4.79 Å². The monoisotopic (exact) mass is 394 g/mol. The molecule has 156 valence electrons. The molecule has 1 N–H and O–H groups in total. The van der Waals surface area contributed by atoms with E-state index in [-0.39, 0.29) is 36.4 Å². The highest BCUT2D eigenvalue weighted by Gasteiger charge is 2.82. The summed E-state index contributed by atoms with van der Waals surface area (Å²) in [5, 5.41) is 11.6. The second-order valence-corrected chi connectivity index (χ2v) is 10.6. The number of fused-ring (bicyclic) bond motifs is 6. The van der Waals surface area contributed by atoms with E-state index in [9.17, 15) is 9.90 Å². The quantitative estimate of drug-likeness (QED) is 0.684. The minimum Gasteiger partial charge on any atom is -0.381 e. The minimum absolute atomic E-state index is 0.0441. The van der Waals surface area contributed by atoms with E-state index in [1.54, 1.807) is 0 Å². The van der Waals surface area contributed by atoms with Gasteiger partial charge >= 0.3 is 0 Å². The third kappa shape index (κ3) is 1.78. The van der Waals surface area contributed by atoms with Crippen LogP contribution in [0.4, 0.5) is 4.39 Å². The number of halogens is 1. The third-order valence-electron chi connectivity index (χ3n) is 10.1. The van der Waals surface area contributed by atoms with Gasteiger partial charge in [0.15, 0.2) is 18.9 Å². The van der Waals surface area contributed by atoms with E-state index in [1.807, 2.05) is 0 Å². The molecule has 2 aliphatic heterocycles. The number of ketones is 1. The molecule has 0 aromatic carbocycles. The predicted molar refractivity (Wildman–Crippen MR) is 96.9 cm³/mol. The zero-order valence-electron chi connectivity index (χ0n) is 16.6. The van der Waals surface area contributed by atoms with Crippen molar-refractivity contribution >= 4 is 5.78 Å². The molecule has 2 bridgehead atoms. The van der Waals surface area contributed by atoms with Gasteiger partial charge in [-0.15, -0.1) is 0 Å². The maximum Gasteiger partial charge on any atom is 0.190 e. The van der Waals surface area contributed by atoms with Crippen molar-refractivity contribution in [1.29, 1.82) is 0 Å². The zero-order chi connectivity index (χ0) is 19.4. The molecule has 4 aliphatic carbocycles. The first-order valence-electron chi connectivity index (χ1n) is 11.2. The van der Waals surface area contributed by atoms with E-state index in [0.29, 0.717) is 25.2 Å². The Bertz CT molecular complexity index is 715. The van der Waals surface area contributed by atoms with Crippen LogP contribution >= 0.6 is 0 Å². The number of carbonyl (C=O) groups is 1. The highest BCUT2D eigenvalue weighted by molar-refractivity contribution is 5.90. The average Bonchev–Trinajstić information content (AvgIpc) is 3.18. The van der Waals surface area contributed by atoms with Gasteiger partial charge in [0.05, 0.1) is 11.5 Å². The molecule has 1 spiro atoms. The van der Waals surface area contributed by atoms with Gasteiger partial charge in [0.25, 0.3) is 0 Å². The number of Topliss-reactive ketones (excluding diaryl/α,β-unsaturated/α-hetero) is 1. The molecule has 0 aromatic rings. The molecule has 9 atom stereocenters. The SMILES string of the molecule is C[C@]12CCCC[C@@H]1CC[C@H]1[C@@H]3CC[C@]4(O)C(=O)COCOC5O[C@H](C[C@@]534)[C@@]12F. The van der Waals surface area contributed by atoms with Crippen molar-refractivity contribution in [1.82, 2.24) is 0 Å². The molecule has 28 heavy (non-hydrogen) atoms. The van der Waals surface area contributed by atoms with Crippen LogP contribution in [0, 0.1) is 28.6 Å². The van der Waals surface area contributed by atoms with E-state index in [1.165, 1.54) is 6.42 Å². The number of hydrogen-bond acceptors (Lipinski definition) is 5. The van der Waals surface area contributed by atoms with Crippen molar-refractivity contribution < 1.29 is 28.5 Å². The summed E-state index contributed by atoms with van der Waals surface area (Å²) < 4.78 is 34.9. The lowest BCUT2D eigenvalue weighted by Crippen LogP contribution is -2.69. The van der Waals surface area contributed by atoms with E-state index in [0.717, 1.165) is 32.1 Å². The van der Waals surface area contributed by atoms with E-state index in [4.69, 9.17) is 14.2 Å². The van der Waals surface area contributed by atoms with Crippen LogP contribution in [-0.2, 0) is 19.0 Å². The van der Waals surface area contributed by atoms with E-state index < -0.39 is 29.1 Å². The second kappa shape index (κ2) is 5.57. The average molecular weight is 394 g/mol.